The number of carbonyl (C=O) groups is 2. The molecular formula is C16H19NO5S. The second-order valence-corrected chi connectivity index (χ2v) is 7.80. The second kappa shape index (κ2) is 6.95. The molecular weight excluding hydrogens is 318 g/mol. The van der Waals surface area contributed by atoms with Gasteiger partial charge >= 0.3 is 5.97 Å². The number of carboxylic acids is 1. The van der Waals surface area contributed by atoms with Gasteiger partial charge in [-0.05, 0) is 24.1 Å². The third kappa shape index (κ3) is 4.41. The van der Waals surface area contributed by atoms with Gasteiger partial charge in [-0.3, -0.25) is 4.79 Å². The minimum Gasteiger partial charge on any atom is -0.478 e. The van der Waals surface area contributed by atoms with Crippen molar-refractivity contribution in [2.45, 2.75) is 18.9 Å². The lowest BCUT2D eigenvalue weighted by Gasteiger charge is -2.27. The molecule has 2 rings (SSSR count). The minimum absolute atomic E-state index is 0.00939. The molecule has 0 aromatic heterocycles. The molecule has 0 saturated carbocycles. The fraction of sp³-hybridized carbons (Fsp3) is 0.375. The van der Waals surface area contributed by atoms with E-state index in [1.54, 1.807) is 23.1 Å². The lowest BCUT2D eigenvalue weighted by atomic mass is 10.1. The van der Waals surface area contributed by atoms with E-state index in [1.807, 2.05) is 0 Å². The fourth-order valence-electron chi connectivity index (χ4n) is 2.66. The third-order valence-electron chi connectivity index (χ3n) is 3.85. The molecule has 1 N–H and O–H groups in total. The molecule has 1 saturated heterocycles. The number of carboxylic acid groups (broad SMARTS) is 1. The van der Waals surface area contributed by atoms with Crippen molar-refractivity contribution in [1.82, 2.24) is 4.90 Å². The van der Waals surface area contributed by atoms with Crippen LogP contribution in [0.25, 0.3) is 0 Å². The Balaban J connectivity index is 2.09. The molecule has 7 heteroatoms. The average molecular weight is 337 g/mol. The summed E-state index contributed by atoms with van der Waals surface area (Å²) < 4.78 is 23.2. The lowest BCUT2D eigenvalue weighted by Crippen LogP contribution is -2.42. The Bertz CT molecular complexity index is 708. The summed E-state index contributed by atoms with van der Waals surface area (Å²) in [6.07, 6.45) is 2.13. The van der Waals surface area contributed by atoms with Gasteiger partial charge in [0.05, 0.1) is 23.5 Å². The molecule has 0 bridgehead atoms. The van der Waals surface area contributed by atoms with E-state index in [9.17, 15) is 18.0 Å². The molecule has 1 aliphatic rings. The van der Waals surface area contributed by atoms with Crippen LogP contribution in [-0.2, 0) is 21.1 Å². The summed E-state index contributed by atoms with van der Waals surface area (Å²) in [6, 6.07) is 5.77. The first-order valence-electron chi connectivity index (χ1n) is 7.25. The van der Waals surface area contributed by atoms with Crippen molar-refractivity contribution in [3.63, 3.8) is 0 Å². The highest BCUT2D eigenvalue weighted by atomic mass is 32.2. The zero-order chi connectivity index (χ0) is 17.0. The smallest absolute Gasteiger partial charge is 0.335 e. The number of hydrogen-bond acceptors (Lipinski definition) is 4. The SMILES string of the molecule is C=CCN(C(=O)Cc1ccc(C(=O)O)cc1)C1CCS(=O)(=O)C1. The van der Waals surface area contributed by atoms with Crippen molar-refractivity contribution in [2.24, 2.45) is 0 Å². The molecule has 0 aliphatic carbocycles. The molecule has 1 aliphatic heterocycles. The van der Waals surface area contributed by atoms with Crippen molar-refractivity contribution in [3.05, 3.63) is 48.0 Å². The zero-order valence-corrected chi connectivity index (χ0v) is 13.5. The van der Waals surface area contributed by atoms with E-state index in [0.717, 1.165) is 0 Å². The predicted octanol–water partition coefficient (Wildman–Crippen LogP) is 1.13. The van der Waals surface area contributed by atoms with E-state index < -0.39 is 15.8 Å². The van der Waals surface area contributed by atoms with Gasteiger partial charge in [0.25, 0.3) is 0 Å². The number of rotatable bonds is 6. The second-order valence-electron chi connectivity index (χ2n) is 5.57. The largest absolute Gasteiger partial charge is 0.478 e. The monoisotopic (exact) mass is 337 g/mol. The van der Waals surface area contributed by atoms with Crippen LogP contribution in [-0.4, -0.2) is 54.4 Å². The molecule has 1 heterocycles. The van der Waals surface area contributed by atoms with Crippen LogP contribution in [0.5, 0.6) is 0 Å². The first kappa shape index (κ1) is 17.2. The van der Waals surface area contributed by atoms with Gasteiger partial charge in [-0.25, -0.2) is 13.2 Å². The van der Waals surface area contributed by atoms with Crippen LogP contribution in [0.1, 0.15) is 22.3 Å². The molecule has 1 unspecified atom stereocenters. The maximum absolute atomic E-state index is 12.5. The summed E-state index contributed by atoms with van der Waals surface area (Å²) in [6.45, 7) is 3.92. The Kier molecular flexibility index (Phi) is 5.20. The van der Waals surface area contributed by atoms with Crippen molar-refractivity contribution in [1.29, 1.82) is 0 Å². The molecule has 1 amide bonds. The first-order valence-corrected chi connectivity index (χ1v) is 9.07. The zero-order valence-electron chi connectivity index (χ0n) is 12.6. The van der Waals surface area contributed by atoms with Crippen molar-refractivity contribution < 1.29 is 23.1 Å². The van der Waals surface area contributed by atoms with E-state index in [2.05, 4.69) is 6.58 Å². The van der Waals surface area contributed by atoms with Crippen LogP contribution >= 0.6 is 0 Å². The number of hydrogen-bond donors (Lipinski definition) is 1. The van der Waals surface area contributed by atoms with E-state index in [4.69, 9.17) is 5.11 Å². The summed E-state index contributed by atoms with van der Waals surface area (Å²) in [5.74, 6) is -1.11. The Morgan fingerprint density at radius 2 is 1.96 bits per heavy atom. The molecule has 1 fully saturated rings. The Morgan fingerprint density at radius 1 is 1.30 bits per heavy atom. The van der Waals surface area contributed by atoms with Gasteiger partial charge in [0.15, 0.2) is 9.84 Å². The standard InChI is InChI=1S/C16H19NO5S/c1-2-8-17(14-7-9-23(21,22)11-14)15(18)10-12-3-5-13(6-4-12)16(19)20/h2-6,14H,1,7-11H2,(H,19,20). The van der Waals surface area contributed by atoms with Gasteiger partial charge in [0, 0.05) is 12.6 Å². The highest BCUT2D eigenvalue weighted by molar-refractivity contribution is 7.91. The number of aromatic carboxylic acids is 1. The molecule has 6 nitrogen and oxygen atoms in total. The Labute approximate surface area is 135 Å². The van der Waals surface area contributed by atoms with E-state index in [-0.39, 0.29) is 35.4 Å². The van der Waals surface area contributed by atoms with Gasteiger partial charge in [-0.2, -0.15) is 0 Å². The van der Waals surface area contributed by atoms with Gasteiger partial charge < -0.3 is 10.0 Å². The minimum atomic E-state index is -3.07. The van der Waals surface area contributed by atoms with Gasteiger partial charge in [-0.15, -0.1) is 6.58 Å². The van der Waals surface area contributed by atoms with Crippen LogP contribution in [0, 0.1) is 0 Å². The predicted molar refractivity (Wildman–Crippen MR) is 86.1 cm³/mol. The number of benzene rings is 1. The number of amides is 1. The van der Waals surface area contributed by atoms with Crippen LogP contribution in [0.15, 0.2) is 36.9 Å². The molecule has 1 aromatic rings. The summed E-state index contributed by atoms with van der Waals surface area (Å²) >= 11 is 0. The summed E-state index contributed by atoms with van der Waals surface area (Å²) in [4.78, 5) is 24.9. The quantitative estimate of drug-likeness (QED) is 0.786. The first-order chi connectivity index (χ1) is 10.8. The van der Waals surface area contributed by atoms with Crippen LogP contribution < -0.4 is 0 Å². The van der Waals surface area contributed by atoms with E-state index in [1.165, 1.54) is 12.1 Å². The van der Waals surface area contributed by atoms with Crippen LogP contribution in [0.4, 0.5) is 0 Å². The Hall–Kier alpha value is -2.15. The molecule has 124 valence electrons. The molecule has 0 radical (unpaired) electrons. The van der Waals surface area contributed by atoms with Crippen molar-refractivity contribution >= 4 is 21.7 Å². The molecule has 1 aromatic carbocycles. The van der Waals surface area contributed by atoms with E-state index >= 15 is 0 Å². The third-order valence-corrected chi connectivity index (χ3v) is 5.60. The maximum Gasteiger partial charge on any atom is 0.335 e. The van der Waals surface area contributed by atoms with Crippen molar-refractivity contribution in [3.8, 4) is 0 Å². The number of sulfone groups is 1. The summed E-state index contributed by atoms with van der Waals surface area (Å²) in [7, 11) is -3.07. The lowest BCUT2D eigenvalue weighted by molar-refractivity contribution is -0.131. The topological polar surface area (TPSA) is 91.8 Å². The molecule has 23 heavy (non-hydrogen) atoms. The highest BCUT2D eigenvalue weighted by Crippen LogP contribution is 2.19. The van der Waals surface area contributed by atoms with E-state index in [0.29, 0.717) is 18.5 Å². The normalized spacial score (nSPS) is 19.2. The Morgan fingerprint density at radius 3 is 2.43 bits per heavy atom. The van der Waals surface area contributed by atoms with Gasteiger partial charge in [0.1, 0.15) is 0 Å². The maximum atomic E-state index is 12.5. The molecule has 0 spiro atoms. The summed E-state index contributed by atoms with van der Waals surface area (Å²) in [5.41, 5.74) is 0.848. The average Bonchev–Trinajstić information content (AvgIpc) is 2.85. The van der Waals surface area contributed by atoms with Crippen molar-refractivity contribution in [2.75, 3.05) is 18.1 Å². The summed E-state index contributed by atoms with van der Waals surface area (Å²) in [5, 5.41) is 8.87. The molecule has 1 atom stereocenters. The van der Waals surface area contributed by atoms with Gasteiger partial charge in [-0.1, -0.05) is 18.2 Å². The number of carbonyl (C=O) groups excluding carboxylic acids is 1. The van der Waals surface area contributed by atoms with Crippen LogP contribution in [0.2, 0.25) is 0 Å². The fourth-order valence-corrected chi connectivity index (χ4v) is 4.39. The highest BCUT2D eigenvalue weighted by Gasteiger charge is 2.33. The van der Waals surface area contributed by atoms with Crippen LogP contribution in [0.3, 0.4) is 0 Å². The number of nitrogens with zero attached hydrogens (tertiary/aromatic N) is 1. The van der Waals surface area contributed by atoms with Gasteiger partial charge in [0.2, 0.25) is 5.91 Å².